The smallest absolute Gasteiger partial charge is 0.125 e. The van der Waals surface area contributed by atoms with E-state index in [1.807, 2.05) is 0 Å². The Balaban J connectivity index is 3.58. The Morgan fingerprint density at radius 2 is 1.44 bits per heavy atom. The van der Waals surface area contributed by atoms with Crippen LogP contribution in [0.15, 0.2) is 12.1 Å². The molecule has 16 heavy (non-hydrogen) atoms. The van der Waals surface area contributed by atoms with Crippen molar-refractivity contribution in [2.75, 3.05) is 0 Å². The zero-order valence-electron chi connectivity index (χ0n) is 10.9. The van der Waals surface area contributed by atoms with E-state index in [1.54, 1.807) is 6.07 Å². The zero-order chi connectivity index (χ0) is 12.7. The highest BCUT2D eigenvalue weighted by molar-refractivity contribution is 6.31. The Kier molecular flexibility index (Phi) is 3.40. The van der Waals surface area contributed by atoms with Crippen molar-refractivity contribution in [1.82, 2.24) is 0 Å². The van der Waals surface area contributed by atoms with Crippen molar-refractivity contribution in [2.45, 2.75) is 52.4 Å². The second-order valence-electron chi connectivity index (χ2n) is 6.31. The van der Waals surface area contributed by atoms with Gasteiger partial charge in [0.15, 0.2) is 0 Å². The topological polar surface area (TPSA) is 0 Å². The second-order valence-corrected chi connectivity index (χ2v) is 6.72. The van der Waals surface area contributed by atoms with Gasteiger partial charge < -0.3 is 0 Å². The number of hydrogen-bond acceptors (Lipinski definition) is 0. The van der Waals surface area contributed by atoms with Crippen LogP contribution in [0.5, 0.6) is 0 Å². The number of hydrogen-bond donors (Lipinski definition) is 0. The van der Waals surface area contributed by atoms with Gasteiger partial charge in [-0.05, 0) is 34.1 Å². The van der Waals surface area contributed by atoms with Crippen molar-refractivity contribution in [3.63, 3.8) is 0 Å². The zero-order valence-corrected chi connectivity index (χ0v) is 11.7. The molecule has 0 heterocycles. The van der Waals surface area contributed by atoms with E-state index in [2.05, 4.69) is 41.5 Å². The molecule has 0 aliphatic rings. The Bertz CT molecular complexity index is 394. The van der Waals surface area contributed by atoms with Gasteiger partial charge in [-0.1, -0.05) is 53.1 Å². The van der Waals surface area contributed by atoms with Gasteiger partial charge in [0, 0.05) is 5.02 Å². The number of halogens is 2. The van der Waals surface area contributed by atoms with Crippen molar-refractivity contribution < 1.29 is 4.39 Å². The van der Waals surface area contributed by atoms with Gasteiger partial charge in [-0.25, -0.2) is 4.39 Å². The van der Waals surface area contributed by atoms with E-state index >= 15 is 0 Å². The summed E-state index contributed by atoms with van der Waals surface area (Å²) < 4.78 is 13.4. The lowest BCUT2D eigenvalue weighted by Gasteiger charge is -2.31. The fraction of sp³-hybridized carbons (Fsp3) is 0.571. The van der Waals surface area contributed by atoms with Gasteiger partial charge >= 0.3 is 0 Å². The average molecular weight is 243 g/mol. The van der Waals surface area contributed by atoms with Gasteiger partial charge in [-0.15, -0.1) is 0 Å². The molecule has 2 heteroatoms. The molecule has 0 fully saturated rings. The van der Waals surface area contributed by atoms with Crippen LogP contribution in [0.3, 0.4) is 0 Å². The first kappa shape index (κ1) is 13.5. The quantitative estimate of drug-likeness (QED) is 0.596. The minimum atomic E-state index is -0.261. The Hall–Kier alpha value is -0.560. The third kappa shape index (κ3) is 2.76. The highest BCUT2D eigenvalue weighted by Gasteiger charge is 2.28. The average Bonchev–Trinajstić information content (AvgIpc) is 1.97. The summed E-state index contributed by atoms with van der Waals surface area (Å²) in [6.07, 6.45) is 0. The highest BCUT2D eigenvalue weighted by Crippen LogP contribution is 2.38. The summed E-state index contributed by atoms with van der Waals surface area (Å²) >= 11 is 6.19. The summed E-state index contributed by atoms with van der Waals surface area (Å²) in [6.45, 7) is 12.5. The lowest BCUT2D eigenvalue weighted by atomic mass is 9.75. The van der Waals surface area contributed by atoms with Crippen LogP contribution >= 0.6 is 11.6 Å². The molecule has 0 aromatic heterocycles. The molecule has 0 aliphatic heterocycles. The molecule has 0 N–H and O–H groups in total. The minimum absolute atomic E-state index is 0.0760. The van der Waals surface area contributed by atoms with Gasteiger partial charge in [-0.2, -0.15) is 0 Å². The van der Waals surface area contributed by atoms with Crippen LogP contribution in [0.25, 0.3) is 0 Å². The molecule has 0 unspecified atom stereocenters. The Morgan fingerprint density at radius 1 is 0.938 bits per heavy atom. The Labute approximate surface area is 103 Å². The molecule has 0 bridgehead atoms. The van der Waals surface area contributed by atoms with Crippen molar-refractivity contribution >= 4 is 11.6 Å². The molecule has 1 rings (SSSR count). The molecule has 0 nitrogen and oxygen atoms in total. The molecular formula is C14H20ClF. The van der Waals surface area contributed by atoms with Gasteiger partial charge in [0.05, 0.1) is 0 Å². The summed E-state index contributed by atoms with van der Waals surface area (Å²) in [7, 11) is 0. The predicted octanol–water partition coefficient (Wildman–Crippen LogP) is 5.07. The third-order valence-electron chi connectivity index (χ3n) is 2.61. The van der Waals surface area contributed by atoms with E-state index in [-0.39, 0.29) is 16.6 Å². The molecule has 1 aromatic carbocycles. The maximum atomic E-state index is 13.4. The molecule has 0 aliphatic carbocycles. The summed E-state index contributed by atoms with van der Waals surface area (Å²) in [5.74, 6) is -0.261. The molecular weight excluding hydrogens is 223 g/mol. The summed E-state index contributed by atoms with van der Waals surface area (Å²) in [5, 5.41) is 0.525. The molecule has 0 amide bonds. The predicted molar refractivity (Wildman–Crippen MR) is 68.8 cm³/mol. The van der Waals surface area contributed by atoms with Crippen LogP contribution in [0.4, 0.5) is 4.39 Å². The summed E-state index contributed by atoms with van der Waals surface area (Å²) in [5.41, 5.74) is 1.86. The number of benzene rings is 1. The summed E-state index contributed by atoms with van der Waals surface area (Å²) in [6, 6.07) is 3.00. The SMILES string of the molecule is CC(C)(C)c1cc(F)cc(Cl)c1C(C)(C)C. The lowest BCUT2D eigenvalue weighted by Crippen LogP contribution is -2.22. The van der Waals surface area contributed by atoms with E-state index in [1.165, 1.54) is 6.07 Å². The van der Waals surface area contributed by atoms with E-state index in [0.717, 1.165) is 11.1 Å². The standard InChI is InChI=1S/C14H20ClF/c1-13(2,3)10-7-9(16)8-11(15)12(10)14(4,5)6/h7-8H,1-6H3. The second kappa shape index (κ2) is 4.03. The Morgan fingerprint density at radius 3 is 1.81 bits per heavy atom. The van der Waals surface area contributed by atoms with Gasteiger partial charge in [0.1, 0.15) is 5.82 Å². The first-order valence-electron chi connectivity index (χ1n) is 5.53. The molecule has 0 saturated carbocycles. The molecule has 90 valence electrons. The molecule has 1 aromatic rings. The fourth-order valence-electron chi connectivity index (χ4n) is 1.93. The summed E-state index contributed by atoms with van der Waals surface area (Å²) in [4.78, 5) is 0. The van der Waals surface area contributed by atoms with Crippen LogP contribution in [0.2, 0.25) is 5.02 Å². The van der Waals surface area contributed by atoms with Crippen molar-refractivity contribution in [3.8, 4) is 0 Å². The maximum Gasteiger partial charge on any atom is 0.125 e. The monoisotopic (exact) mass is 242 g/mol. The number of rotatable bonds is 0. The van der Waals surface area contributed by atoms with Gasteiger partial charge in [-0.3, -0.25) is 0 Å². The molecule has 0 atom stereocenters. The van der Waals surface area contributed by atoms with Crippen LogP contribution in [0.1, 0.15) is 52.7 Å². The minimum Gasteiger partial charge on any atom is -0.207 e. The normalized spacial score (nSPS) is 13.0. The van der Waals surface area contributed by atoms with Gasteiger partial charge in [0.25, 0.3) is 0 Å². The highest BCUT2D eigenvalue weighted by atomic mass is 35.5. The molecule has 0 spiro atoms. The van der Waals surface area contributed by atoms with E-state index in [9.17, 15) is 4.39 Å². The van der Waals surface area contributed by atoms with E-state index in [4.69, 9.17) is 11.6 Å². The lowest BCUT2D eigenvalue weighted by molar-refractivity contribution is 0.521. The fourth-order valence-corrected chi connectivity index (χ4v) is 2.42. The van der Waals surface area contributed by atoms with Gasteiger partial charge in [0.2, 0.25) is 0 Å². The first-order chi connectivity index (χ1) is 7.03. The first-order valence-corrected chi connectivity index (χ1v) is 5.91. The van der Waals surface area contributed by atoms with Crippen molar-refractivity contribution in [3.05, 3.63) is 34.1 Å². The van der Waals surface area contributed by atoms with Crippen LogP contribution in [-0.2, 0) is 10.8 Å². The van der Waals surface area contributed by atoms with E-state index < -0.39 is 0 Å². The molecule has 0 saturated heterocycles. The molecule has 0 radical (unpaired) electrons. The maximum absolute atomic E-state index is 13.4. The van der Waals surface area contributed by atoms with Crippen LogP contribution in [-0.4, -0.2) is 0 Å². The van der Waals surface area contributed by atoms with Crippen LogP contribution < -0.4 is 0 Å². The third-order valence-corrected chi connectivity index (χ3v) is 2.91. The van der Waals surface area contributed by atoms with Crippen molar-refractivity contribution in [2.24, 2.45) is 0 Å². The van der Waals surface area contributed by atoms with Crippen molar-refractivity contribution in [1.29, 1.82) is 0 Å². The van der Waals surface area contributed by atoms with E-state index in [0.29, 0.717) is 5.02 Å². The van der Waals surface area contributed by atoms with Crippen LogP contribution in [0, 0.1) is 5.82 Å². The largest absolute Gasteiger partial charge is 0.207 e.